The van der Waals surface area contributed by atoms with E-state index in [0.717, 1.165) is 0 Å². The molecule has 81 heavy (non-hydrogen) atoms. The molecule has 2 aromatic carbocycles. The Labute approximate surface area is 477 Å². The highest BCUT2D eigenvalue weighted by Crippen LogP contribution is 2.41. The van der Waals surface area contributed by atoms with Gasteiger partial charge in [-0.2, -0.15) is 10.5 Å². The monoisotopic (exact) mass is 1220 g/mol. The zero-order valence-corrected chi connectivity index (χ0v) is 47.5. The molecule has 2 aliphatic rings. The van der Waals surface area contributed by atoms with Gasteiger partial charge in [0.15, 0.2) is 34.9 Å². The van der Waals surface area contributed by atoms with Crippen LogP contribution in [0.1, 0.15) is 44.7 Å². The van der Waals surface area contributed by atoms with E-state index in [2.05, 4.69) is 53.9 Å². The number of nitrogens with zero attached hydrogens (tertiary/aromatic N) is 9. The van der Waals surface area contributed by atoms with Crippen molar-refractivity contribution in [1.29, 1.82) is 10.5 Å². The molecular formula is C58H55F4IN10O8. The van der Waals surface area contributed by atoms with E-state index in [9.17, 15) is 37.7 Å². The molecule has 23 heteroatoms. The Kier molecular flexibility index (Phi) is 18.1. The summed E-state index contributed by atoms with van der Waals surface area (Å²) in [4.78, 5) is 48.7. The Hall–Kier alpha value is -8.39. The molecule has 2 saturated heterocycles. The predicted molar refractivity (Wildman–Crippen MR) is 302 cm³/mol. The van der Waals surface area contributed by atoms with Gasteiger partial charge in [0.2, 0.25) is 0 Å². The lowest BCUT2D eigenvalue weighted by molar-refractivity contribution is -0.135. The molecule has 0 bridgehead atoms. The van der Waals surface area contributed by atoms with E-state index in [1.807, 2.05) is 11.0 Å². The van der Waals surface area contributed by atoms with Crippen LogP contribution in [0.2, 0.25) is 0 Å². The first-order chi connectivity index (χ1) is 38.8. The zero-order valence-electron chi connectivity index (χ0n) is 45.3. The number of piperidine rings is 2. The minimum absolute atomic E-state index is 0.0968. The third-order valence-electron chi connectivity index (χ3n) is 13.2. The average Bonchev–Trinajstić information content (AvgIpc) is 4.14. The minimum atomic E-state index is -3.04. The quantitative estimate of drug-likeness (QED) is 0.0683. The number of methoxy groups -OCH3 is 2. The number of furan rings is 2. The smallest absolute Gasteiger partial charge is 0.296 e. The number of fused-ring (bicyclic) bond motifs is 2. The first-order valence-corrected chi connectivity index (χ1v) is 27.2. The van der Waals surface area contributed by atoms with Crippen LogP contribution < -0.4 is 24.3 Å². The summed E-state index contributed by atoms with van der Waals surface area (Å²) in [6.45, 7) is 0.0122. The number of amides is 2. The van der Waals surface area contributed by atoms with Crippen molar-refractivity contribution in [3.8, 4) is 80.3 Å². The van der Waals surface area contributed by atoms with E-state index in [0.29, 0.717) is 103 Å². The standard InChI is InChI=1S/C29H27F2N5O4.C28H25F2N5O4.CH3I/c1-35(2)28(37)19-12-23(38-4)26(34-15-19)24-13-21-27(40-24)20(7-9-33-21)17-5-6-22(18(11-17)14-32)39-25-8-10-36(3)16-29(25,30)31;1-35(2)27(36)18-11-22(37-3)25(34-14-18)23-12-20-26(39-23)19(6-9-33-20)16-4-5-21(17(10-16)13-31)38-24-7-8-32-15-28(24,29)30;1-2/h5-7,9,11-13,15,25H,8,10,16H2,1-4H3;4-6,9-12,14,24,32H,7-8,15H2,1-3H3;1H3. The summed E-state index contributed by atoms with van der Waals surface area (Å²) >= 11 is 2.15. The van der Waals surface area contributed by atoms with Crippen molar-refractivity contribution in [1.82, 2.24) is 40.0 Å². The Morgan fingerprint density at radius 1 is 0.667 bits per heavy atom. The first kappa shape index (κ1) is 58.8. The number of carbonyl (C=O) groups excluding carboxylic acids is 2. The summed E-state index contributed by atoms with van der Waals surface area (Å²) in [5.74, 6) is -4.85. The number of likely N-dealkylation sites (tertiary alicyclic amines) is 1. The highest BCUT2D eigenvalue weighted by Gasteiger charge is 2.46. The second kappa shape index (κ2) is 25.0. The van der Waals surface area contributed by atoms with Gasteiger partial charge in [-0.05, 0) is 78.2 Å². The van der Waals surface area contributed by atoms with Gasteiger partial charge >= 0.3 is 0 Å². The molecule has 10 rings (SSSR count). The summed E-state index contributed by atoms with van der Waals surface area (Å²) in [7, 11) is 11.2. The fourth-order valence-electron chi connectivity index (χ4n) is 9.16. The van der Waals surface area contributed by atoms with Gasteiger partial charge in [0, 0.05) is 95.6 Å². The second-order valence-corrected chi connectivity index (χ2v) is 19.2. The zero-order chi connectivity index (χ0) is 58.3. The van der Waals surface area contributed by atoms with Crippen LogP contribution in [0.3, 0.4) is 0 Å². The van der Waals surface area contributed by atoms with Crippen molar-refractivity contribution >= 4 is 56.6 Å². The van der Waals surface area contributed by atoms with Gasteiger partial charge < -0.3 is 47.8 Å². The SMILES string of the molecule is CI.COc1cc(C(=O)N(C)C)cnc1-c1cc2nccc(-c3ccc(OC4CCN(C)CC4(F)F)c(C#N)c3)c2o1.COc1cc(C(=O)N(C)C)cnc1-c1cc2nccc(-c3ccc(OC4CCNCC4(F)F)c(C#N)c3)c2o1. The van der Waals surface area contributed by atoms with Crippen LogP contribution in [-0.4, -0.2) is 151 Å². The number of rotatable bonds is 12. The molecule has 420 valence electrons. The molecule has 0 aliphatic carbocycles. The molecule has 2 unspecified atom stereocenters. The lowest BCUT2D eigenvalue weighted by Gasteiger charge is -2.36. The Morgan fingerprint density at radius 2 is 1.12 bits per heavy atom. The van der Waals surface area contributed by atoms with Gasteiger partial charge in [0.05, 0.1) is 49.6 Å². The van der Waals surface area contributed by atoms with Crippen LogP contribution in [0.15, 0.2) is 106 Å². The molecular weight excluding hydrogens is 1170 g/mol. The minimum Gasteiger partial charge on any atom is -0.494 e. The highest BCUT2D eigenvalue weighted by atomic mass is 127. The topological polar surface area (TPSA) is 218 Å². The lowest BCUT2D eigenvalue weighted by Crippen LogP contribution is -2.52. The van der Waals surface area contributed by atoms with E-state index < -0.39 is 37.1 Å². The third-order valence-corrected chi connectivity index (χ3v) is 13.2. The number of ether oxygens (including phenoxy) is 4. The number of aromatic nitrogens is 4. The Morgan fingerprint density at radius 3 is 1.53 bits per heavy atom. The summed E-state index contributed by atoms with van der Waals surface area (Å²) in [5, 5.41) is 22.2. The van der Waals surface area contributed by atoms with Gasteiger partial charge in [-0.25, -0.2) is 27.5 Å². The highest BCUT2D eigenvalue weighted by molar-refractivity contribution is 14.1. The van der Waals surface area contributed by atoms with Gasteiger partial charge in [0.25, 0.3) is 23.7 Å². The molecule has 8 heterocycles. The number of nitriles is 2. The van der Waals surface area contributed by atoms with Crippen molar-refractivity contribution in [2.24, 2.45) is 0 Å². The molecule has 0 radical (unpaired) electrons. The van der Waals surface area contributed by atoms with Crippen LogP contribution in [0, 0.1) is 22.7 Å². The molecule has 0 saturated carbocycles. The van der Waals surface area contributed by atoms with Crippen LogP contribution in [0.4, 0.5) is 17.6 Å². The van der Waals surface area contributed by atoms with Crippen molar-refractivity contribution in [2.45, 2.75) is 36.9 Å². The molecule has 2 atom stereocenters. The number of carbonyl (C=O) groups is 2. The van der Waals surface area contributed by atoms with Gasteiger partial charge in [-0.15, -0.1) is 0 Å². The molecule has 2 fully saturated rings. The predicted octanol–water partition coefficient (Wildman–Crippen LogP) is 10.4. The number of hydrogen-bond acceptors (Lipinski definition) is 16. The molecule has 0 spiro atoms. The van der Waals surface area contributed by atoms with Gasteiger partial charge in [-0.1, -0.05) is 34.7 Å². The normalized spacial score (nSPS) is 16.3. The second-order valence-electron chi connectivity index (χ2n) is 19.2. The van der Waals surface area contributed by atoms with Crippen molar-refractivity contribution < 1.29 is 54.9 Å². The van der Waals surface area contributed by atoms with Crippen LogP contribution in [0.25, 0.3) is 67.4 Å². The van der Waals surface area contributed by atoms with Crippen LogP contribution in [0.5, 0.6) is 23.0 Å². The van der Waals surface area contributed by atoms with Crippen molar-refractivity contribution in [2.75, 3.05) is 80.6 Å². The third kappa shape index (κ3) is 12.7. The fraction of sp³-hybridized carbons (Fsp3) is 0.310. The van der Waals surface area contributed by atoms with Crippen molar-refractivity contribution in [3.05, 3.63) is 120 Å². The summed E-state index contributed by atoms with van der Waals surface area (Å²) in [5.41, 5.74) is 6.25. The maximum atomic E-state index is 14.6. The van der Waals surface area contributed by atoms with Gasteiger partial charge in [0.1, 0.15) is 57.6 Å². The van der Waals surface area contributed by atoms with E-state index in [4.69, 9.17) is 27.8 Å². The van der Waals surface area contributed by atoms with E-state index in [1.165, 1.54) is 48.5 Å². The molecule has 1 N–H and O–H groups in total. The lowest BCUT2D eigenvalue weighted by atomic mass is 10.0. The van der Waals surface area contributed by atoms with E-state index in [-0.39, 0.29) is 47.3 Å². The number of nitrogens with one attached hydrogen (secondary N) is 1. The molecule has 2 aliphatic heterocycles. The summed E-state index contributed by atoms with van der Waals surface area (Å²) < 4.78 is 92.2. The molecule has 2 amide bonds. The number of hydrogen-bond donors (Lipinski definition) is 1. The van der Waals surface area contributed by atoms with Crippen LogP contribution in [-0.2, 0) is 0 Å². The largest absolute Gasteiger partial charge is 0.494 e. The average molecular weight is 1220 g/mol. The van der Waals surface area contributed by atoms with E-state index in [1.54, 1.807) is 113 Å². The Balaban J connectivity index is 0.000000206. The number of benzene rings is 2. The fourth-order valence-corrected chi connectivity index (χ4v) is 9.16. The van der Waals surface area contributed by atoms with Crippen LogP contribution >= 0.6 is 22.6 Å². The number of pyridine rings is 4. The molecule has 8 aromatic rings. The number of alkyl halides is 5. The molecule has 6 aromatic heterocycles. The van der Waals surface area contributed by atoms with E-state index >= 15 is 0 Å². The number of halogens is 5. The van der Waals surface area contributed by atoms with Gasteiger partial charge in [-0.3, -0.25) is 19.6 Å². The summed E-state index contributed by atoms with van der Waals surface area (Å²) in [6, 6.07) is 23.8. The summed E-state index contributed by atoms with van der Waals surface area (Å²) in [6.07, 6.45) is 3.75. The maximum absolute atomic E-state index is 14.6. The first-order valence-electron chi connectivity index (χ1n) is 25.1. The molecule has 18 nitrogen and oxygen atoms in total. The van der Waals surface area contributed by atoms with Crippen molar-refractivity contribution in [3.63, 3.8) is 0 Å². The maximum Gasteiger partial charge on any atom is 0.296 e. The Bertz CT molecular complexity index is 3710.